The summed E-state index contributed by atoms with van der Waals surface area (Å²) >= 11 is 2.85. The lowest BCUT2D eigenvalue weighted by molar-refractivity contribution is 1.25. The lowest BCUT2D eigenvalue weighted by Crippen LogP contribution is -1.89. The van der Waals surface area contributed by atoms with Gasteiger partial charge in [-0.05, 0) is 23.6 Å². The van der Waals surface area contributed by atoms with Crippen molar-refractivity contribution in [1.29, 1.82) is 0 Å². The van der Waals surface area contributed by atoms with E-state index in [0.717, 1.165) is 0 Å². The molecule has 1 aliphatic rings. The maximum Gasteiger partial charge on any atom is 0.138 e. The summed E-state index contributed by atoms with van der Waals surface area (Å²) in [4.78, 5) is 0. The Hall–Kier alpha value is -0.508. The number of fused-ring (bicyclic) bond motifs is 1. The van der Waals surface area contributed by atoms with E-state index in [1.165, 1.54) is 16.7 Å². The Balaban J connectivity index is 2.62. The summed E-state index contributed by atoms with van der Waals surface area (Å²) in [6, 6.07) is 8.58. The van der Waals surface area contributed by atoms with Crippen molar-refractivity contribution in [2.75, 3.05) is 0 Å². The van der Waals surface area contributed by atoms with Crippen LogP contribution in [0.2, 0.25) is 0 Å². The number of rotatable bonds is 0. The van der Waals surface area contributed by atoms with E-state index in [1.54, 1.807) is 0 Å². The minimum atomic E-state index is 0.534. The molecule has 0 spiro atoms. The fourth-order valence-corrected chi connectivity index (χ4v) is 2.18. The Morgan fingerprint density at radius 2 is 2.00 bits per heavy atom. The molecule has 0 fully saturated rings. The summed E-state index contributed by atoms with van der Waals surface area (Å²) in [5, 5.41) is 0. The van der Waals surface area contributed by atoms with Gasteiger partial charge in [0.2, 0.25) is 0 Å². The van der Waals surface area contributed by atoms with Crippen LogP contribution in [0.4, 0.5) is 0 Å². The van der Waals surface area contributed by atoms with Gasteiger partial charge in [-0.25, -0.2) is 0 Å². The molecule has 0 bridgehead atoms. The molecule has 11 heavy (non-hydrogen) atoms. The Morgan fingerprint density at radius 1 is 1.27 bits per heavy atom. The Labute approximate surface area is 75.4 Å². The molecule has 1 aliphatic carbocycles. The van der Waals surface area contributed by atoms with E-state index in [0.29, 0.717) is 4.78 Å². The predicted octanol–water partition coefficient (Wildman–Crippen LogP) is 2.31. The van der Waals surface area contributed by atoms with Crippen molar-refractivity contribution in [2.24, 2.45) is 0 Å². The summed E-state index contributed by atoms with van der Waals surface area (Å²) < 4.78 is 0.534. The van der Waals surface area contributed by atoms with Crippen LogP contribution in [0.15, 0.2) is 30.3 Å². The molecule has 0 amide bonds. The van der Waals surface area contributed by atoms with Gasteiger partial charge < -0.3 is 0 Å². The van der Waals surface area contributed by atoms with Crippen LogP contribution in [-0.2, 0) is 0 Å². The Bertz CT molecular complexity index is 312. The summed E-state index contributed by atoms with van der Waals surface area (Å²) in [5.41, 5.74) is 4.25. The highest BCUT2D eigenvalue weighted by Crippen LogP contribution is 2.32. The van der Waals surface area contributed by atoms with E-state index in [-0.39, 0.29) is 0 Å². The molecule has 0 N–H and O–H groups in total. The highest BCUT2D eigenvalue weighted by Gasteiger charge is 2.14. The van der Waals surface area contributed by atoms with Crippen molar-refractivity contribution in [3.63, 3.8) is 0 Å². The van der Waals surface area contributed by atoms with E-state index in [2.05, 4.69) is 53.6 Å². The second-order valence-corrected chi connectivity index (χ2v) is 3.68. The van der Waals surface area contributed by atoms with Crippen molar-refractivity contribution >= 4 is 21.9 Å². The Morgan fingerprint density at radius 3 is 2.73 bits per heavy atom. The van der Waals surface area contributed by atoms with Crippen LogP contribution in [0.1, 0.15) is 22.8 Å². The molecule has 2 radical (unpaired) electrons. The maximum absolute atomic E-state index is 2.85. The Kier molecular flexibility index (Phi) is 1.64. The van der Waals surface area contributed by atoms with Crippen LogP contribution >= 0.6 is 0 Å². The fourth-order valence-electron chi connectivity index (χ4n) is 1.60. The summed E-state index contributed by atoms with van der Waals surface area (Å²) in [7, 11) is 0. The van der Waals surface area contributed by atoms with E-state index in [9.17, 15) is 0 Å². The molecule has 1 heteroatoms. The molecule has 0 saturated heterocycles. The molecule has 1 aromatic rings. The smallest absolute Gasteiger partial charge is 0.0892 e. The van der Waals surface area contributed by atoms with Gasteiger partial charge in [0.15, 0.2) is 0 Å². The quantitative estimate of drug-likeness (QED) is 0.505. The highest BCUT2D eigenvalue weighted by atomic mass is 27.0. The van der Waals surface area contributed by atoms with Gasteiger partial charge >= 0.3 is 0 Å². The molecular formula is C10H9Al. The molecule has 0 aliphatic heterocycles. The standard InChI is InChI=1S/C10H9.Al/c1-8-6-7-9-4-2-3-5-10(8)9;/h2-7H,1H3;. The molecule has 1 aromatic carbocycles. The second kappa shape index (κ2) is 2.52. The molecule has 2 rings (SSSR count). The van der Waals surface area contributed by atoms with E-state index < -0.39 is 0 Å². The molecular weight excluding hydrogens is 147 g/mol. The normalized spacial score (nSPS) is 21.2. The molecule has 0 aromatic heterocycles. The van der Waals surface area contributed by atoms with Gasteiger partial charge in [0.1, 0.15) is 16.3 Å². The van der Waals surface area contributed by atoms with Crippen LogP contribution in [0.5, 0.6) is 0 Å². The van der Waals surface area contributed by atoms with Crippen LogP contribution < -0.4 is 0 Å². The summed E-state index contributed by atoms with van der Waals surface area (Å²) in [6.07, 6.45) is 2.29. The minimum Gasteiger partial charge on any atom is -0.0892 e. The van der Waals surface area contributed by atoms with E-state index in [1.807, 2.05) is 0 Å². The van der Waals surface area contributed by atoms with Crippen molar-refractivity contribution in [2.45, 2.75) is 11.7 Å². The minimum absolute atomic E-state index is 0.534. The van der Waals surface area contributed by atoms with Gasteiger partial charge in [0, 0.05) is 0 Å². The average molecular weight is 156 g/mol. The molecule has 1 atom stereocenters. The molecule has 52 valence electrons. The van der Waals surface area contributed by atoms with Crippen molar-refractivity contribution in [3.8, 4) is 0 Å². The van der Waals surface area contributed by atoms with Gasteiger partial charge in [0.25, 0.3) is 0 Å². The van der Waals surface area contributed by atoms with Gasteiger partial charge in [-0.2, -0.15) is 0 Å². The average Bonchev–Trinajstić information content (AvgIpc) is 2.30. The van der Waals surface area contributed by atoms with Gasteiger partial charge in [-0.1, -0.05) is 35.1 Å². The summed E-state index contributed by atoms with van der Waals surface area (Å²) in [6.45, 7) is 2.17. The second-order valence-electron chi connectivity index (χ2n) is 2.96. The zero-order valence-corrected chi connectivity index (χ0v) is 7.70. The molecule has 1 unspecified atom stereocenters. The lowest BCUT2D eigenvalue weighted by atomic mass is 10.1. The third-order valence-electron chi connectivity index (χ3n) is 2.17. The first-order chi connectivity index (χ1) is 5.29. The molecule has 0 heterocycles. The predicted molar refractivity (Wildman–Crippen MR) is 48.6 cm³/mol. The molecule has 0 saturated carbocycles. The van der Waals surface area contributed by atoms with Gasteiger partial charge in [0.05, 0.1) is 0 Å². The first-order valence-corrected chi connectivity index (χ1v) is 4.49. The fraction of sp³-hybridized carbons (Fsp3) is 0.200. The van der Waals surface area contributed by atoms with Crippen LogP contribution in [0.25, 0.3) is 5.57 Å². The molecule has 0 nitrogen and oxygen atoms in total. The third kappa shape index (κ3) is 1.05. The van der Waals surface area contributed by atoms with Gasteiger partial charge in [-0.3, -0.25) is 0 Å². The van der Waals surface area contributed by atoms with Crippen LogP contribution in [-0.4, -0.2) is 16.3 Å². The monoisotopic (exact) mass is 156 g/mol. The van der Waals surface area contributed by atoms with Crippen LogP contribution in [0, 0.1) is 0 Å². The zero-order chi connectivity index (χ0) is 7.84. The summed E-state index contributed by atoms with van der Waals surface area (Å²) in [5.74, 6) is 0. The van der Waals surface area contributed by atoms with Crippen LogP contribution in [0.3, 0.4) is 0 Å². The topological polar surface area (TPSA) is 0 Å². The largest absolute Gasteiger partial charge is 0.138 e. The first-order valence-electron chi connectivity index (χ1n) is 3.82. The first kappa shape index (κ1) is 7.16. The van der Waals surface area contributed by atoms with Crippen molar-refractivity contribution in [1.82, 2.24) is 0 Å². The highest BCUT2D eigenvalue weighted by molar-refractivity contribution is 6.16. The van der Waals surface area contributed by atoms with Gasteiger partial charge in [-0.15, -0.1) is 0 Å². The van der Waals surface area contributed by atoms with Crippen molar-refractivity contribution < 1.29 is 0 Å². The van der Waals surface area contributed by atoms with Crippen molar-refractivity contribution in [3.05, 3.63) is 41.5 Å². The third-order valence-corrected chi connectivity index (χ3v) is 2.73. The lowest BCUT2D eigenvalue weighted by Gasteiger charge is -2.03. The maximum atomic E-state index is 2.85. The number of hydrogen-bond donors (Lipinski definition) is 0. The number of hydrogen-bond acceptors (Lipinski definition) is 0. The number of benzene rings is 1. The van der Waals surface area contributed by atoms with E-state index >= 15 is 0 Å². The zero-order valence-electron chi connectivity index (χ0n) is 6.54. The van der Waals surface area contributed by atoms with E-state index in [4.69, 9.17) is 0 Å². The SMILES string of the molecule is CC1=C[CH]([Al])c2ccccc21. The number of allylic oxidation sites excluding steroid dienone is 2.